The molecule has 0 heterocycles. The second kappa shape index (κ2) is 10.1. The van der Waals surface area contributed by atoms with E-state index in [4.69, 9.17) is 16.3 Å². The van der Waals surface area contributed by atoms with Gasteiger partial charge in [-0.2, -0.15) is 0 Å². The summed E-state index contributed by atoms with van der Waals surface area (Å²) in [5.41, 5.74) is 0.990. The van der Waals surface area contributed by atoms with Crippen LogP contribution in [0.25, 0.3) is 0 Å². The summed E-state index contributed by atoms with van der Waals surface area (Å²) in [6.07, 6.45) is 0.669. The van der Waals surface area contributed by atoms with Crippen molar-refractivity contribution in [3.63, 3.8) is 0 Å². The number of ether oxygens (including phenoxy) is 1. The molecule has 4 nitrogen and oxygen atoms in total. The minimum Gasteiger partial charge on any atom is -0.492 e. The Hall–Kier alpha value is -2.11. The fraction of sp³-hybridized carbons (Fsp3) is 0.350. The van der Waals surface area contributed by atoms with Crippen molar-refractivity contribution in [2.45, 2.75) is 19.4 Å². The Kier molecular flexibility index (Phi) is 7.88. The first kappa shape index (κ1) is 20.2. The summed E-state index contributed by atoms with van der Waals surface area (Å²) in [5, 5.41) is 3.58. The second-order valence-corrected chi connectivity index (χ2v) is 6.56. The molecule has 0 aliphatic carbocycles. The Bertz CT molecular complexity index is 692. The first-order valence-electron chi connectivity index (χ1n) is 8.56. The summed E-state index contributed by atoms with van der Waals surface area (Å²) in [6.45, 7) is 3.47. The van der Waals surface area contributed by atoms with Gasteiger partial charge in [-0.3, -0.25) is 9.69 Å². The molecule has 0 saturated carbocycles. The Morgan fingerprint density at radius 3 is 2.50 bits per heavy atom. The number of nitrogens with zero attached hydrogens (tertiary/aromatic N) is 1. The van der Waals surface area contributed by atoms with Crippen molar-refractivity contribution in [3.05, 3.63) is 64.9 Å². The monoisotopic (exact) mass is 378 g/mol. The Morgan fingerprint density at radius 2 is 1.85 bits per heavy atom. The fourth-order valence-corrected chi connectivity index (χ4v) is 2.49. The van der Waals surface area contributed by atoms with Gasteiger partial charge in [-0.25, -0.2) is 4.39 Å². The average Bonchev–Trinajstić information content (AvgIpc) is 2.64. The molecule has 2 aromatic rings. The fourth-order valence-electron chi connectivity index (χ4n) is 2.36. The maximum absolute atomic E-state index is 12.9. The number of hydrogen-bond donors (Lipinski definition) is 1. The standard InChI is InChI=1S/C20H24ClFN2O2/c1-15(20(25)23-12-11-16-3-7-18(22)8-4-16)24(2)13-14-26-19-9-5-17(21)6-10-19/h3-10,15H,11-14H2,1-2H3,(H,23,25)/t15-/m0/s1. The summed E-state index contributed by atoms with van der Waals surface area (Å²) < 4.78 is 18.5. The van der Waals surface area contributed by atoms with Crippen LogP contribution in [0.1, 0.15) is 12.5 Å². The van der Waals surface area contributed by atoms with Gasteiger partial charge in [0, 0.05) is 18.1 Å². The molecule has 1 atom stereocenters. The lowest BCUT2D eigenvalue weighted by Gasteiger charge is -2.23. The Morgan fingerprint density at radius 1 is 1.19 bits per heavy atom. The highest BCUT2D eigenvalue weighted by Crippen LogP contribution is 2.15. The third-order valence-corrected chi connectivity index (χ3v) is 4.45. The SMILES string of the molecule is C[C@@H](C(=O)NCCc1ccc(F)cc1)N(C)CCOc1ccc(Cl)cc1. The maximum Gasteiger partial charge on any atom is 0.237 e. The van der Waals surface area contributed by atoms with E-state index in [-0.39, 0.29) is 17.8 Å². The predicted octanol–water partition coefficient (Wildman–Crippen LogP) is 3.54. The third kappa shape index (κ3) is 6.65. The predicted molar refractivity (Wildman–Crippen MR) is 102 cm³/mol. The lowest BCUT2D eigenvalue weighted by molar-refractivity contribution is -0.125. The molecular formula is C20H24ClFN2O2. The van der Waals surface area contributed by atoms with Gasteiger partial charge in [0.05, 0.1) is 6.04 Å². The van der Waals surface area contributed by atoms with Crippen LogP contribution >= 0.6 is 11.6 Å². The van der Waals surface area contributed by atoms with E-state index >= 15 is 0 Å². The lowest BCUT2D eigenvalue weighted by Crippen LogP contribution is -2.45. The topological polar surface area (TPSA) is 41.6 Å². The molecule has 0 unspecified atom stereocenters. The van der Waals surface area contributed by atoms with Gasteiger partial charge in [0.1, 0.15) is 18.2 Å². The molecule has 0 radical (unpaired) electrons. The zero-order chi connectivity index (χ0) is 18.9. The molecule has 0 bridgehead atoms. The highest BCUT2D eigenvalue weighted by Gasteiger charge is 2.17. The molecule has 140 valence electrons. The lowest BCUT2D eigenvalue weighted by atomic mass is 10.1. The zero-order valence-corrected chi connectivity index (χ0v) is 15.8. The van der Waals surface area contributed by atoms with Crippen LogP contribution in [0.4, 0.5) is 4.39 Å². The highest BCUT2D eigenvalue weighted by molar-refractivity contribution is 6.30. The second-order valence-electron chi connectivity index (χ2n) is 6.13. The summed E-state index contributed by atoms with van der Waals surface area (Å²) in [6, 6.07) is 13.2. The van der Waals surface area contributed by atoms with Crippen LogP contribution in [0.15, 0.2) is 48.5 Å². The number of nitrogens with one attached hydrogen (secondary N) is 1. The van der Waals surface area contributed by atoms with E-state index in [1.54, 1.807) is 24.3 Å². The largest absolute Gasteiger partial charge is 0.492 e. The van der Waals surface area contributed by atoms with E-state index < -0.39 is 0 Å². The maximum atomic E-state index is 12.9. The smallest absolute Gasteiger partial charge is 0.237 e. The van der Waals surface area contributed by atoms with E-state index in [0.717, 1.165) is 11.3 Å². The highest BCUT2D eigenvalue weighted by atomic mass is 35.5. The van der Waals surface area contributed by atoms with Crippen LogP contribution in [0, 0.1) is 5.82 Å². The van der Waals surface area contributed by atoms with Crippen LogP contribution in [-0.2, 0) is 11.2 Å². The molecular weight excluding hydrogens is 355 g/mol. The molecule has 0 aliphatic heterocycles. The third-order valence-electron chi connectivity index (χ3n) is 4.19. The normalized spacial score (nSPS) is 12.0. The molecule has 2 aromatic carbocycles. The van der Waals surface area contributed by atoms with Gasteiger partial charge in [0.2, 0.25) is 5.91 Å². The summed E-state index contributed by atoms with van der Waals surface area (Å²) in [7, 11) is 1.88. The number of likely N-dealkylation sites (N-methyl/N-ethyl adjacent to an activating group) is 1. The minimum absolute atomic E-state index is 0.0406. The minimum atomic E-state index is -0.267. The number of carbonyl (C=O) groups excluding carboxylic acids is 1. The van der Waals surface area contributed by atoms with E-state index in [0.29, 0.717) is 31.1 Å². The van der Waals surface area contributed by atoms with Gasteiger partial charge in [-0.05, 0) is 62.4 Å². The first-order valence-corrected chi connectivity index (χ1v) is 8.94. The molecule has 2 rings (SSSR count). The molecule has 0 aromatic heterocycles. The van der Waals surface area contributed by atoms with Gasteiger partial charge in [0.25, 0.3) is 0 Å². The van der Waals surface area contributed by atoms with Crippen molar-refractivity contribution in [3.8, 4) is 5.75 Å². The molecule has 6 heteroatoms. The van der Waals surface area contributed by atoms with Crippen molar-refractivity contribution in [2.75, 3.05) is 26.7 Å². The van der Waals surface area contributed by atoms with Crippen LogP contribution < -0.4 is 10.1 Å². The van der Waals surface area contributed by atoms with Crippen molar-refractivity contribution in [1.82, 2.24) is 10.2 Å². The Balaban J connectivity index is 1.67. The zero-order valence-electron chi connectivity index (χ0n) is 15.0. The Labute approximate surface area is 158 Å². The molecule has 0 saturated heterocycles. The molecule has 1 amide bonds. The molecule has 0 fully saturated rings. The number of halogens is 2. The van der Waals surface area contributed by atoms with Crippen LogP contribution in [0.5, 0.6) is 5.75 Å². The van der Waals surface area contributed by atoms with Gasteiger partial charge in [-0.15, -0.1) is 0 Å². The average molecular weight is 379 g/mol. The van der Waals surface area contributed by atoms with Crippen LogP contribution in [0.2, 0.25) is 5.02 Å². The molecule has 26 heavy (non-hydrogen) atoms. The number of rotatable bonds is 9. The number of benzene rings is 2. The van der Waals surface area contributed by atoms with Crippen LogP contribution in [0.3, 0.4) is 0 Å². The summed E-state index contributed by atoms with van der Waals surface area (Å²) in [4.78, 5) is 14.2. The van der Waals surface area contributed by atoms with Crippen molar-refractivity contribution in [1.29, 1.82) is 0 Å². The quantitative estimate of drug-likeness (QED) is 0.725. The number of hydrogen-bond acceptors (Lipinski definition) is 3. The summed E-state index contributed by atoms with van der Waals surface area (Å²) in [5.74, 6) is 0.453. The molecule has 0 aliphatic rings. The van der Waals surface area contributed by atoms with Gasteiger partial charge in [-0.1, -0.05) is 23.7 Å². The molecule has 0 spiro atoms. The van der Waals surface area contributed by atoms with Crippen molar-refractivity contribution < 1.29 is 13.9 Å². The van der Waals surface area contributed by atoms with E-state index in [1.807, 2.05) is 31.0 Å². The number of amides is 1. The van der Waals surface area contributed by atoms with E-state index in [9.17, 15) is 9.18 Å². The van der Waals surface area contributed by atoms with Crippen molar-refractivity contribution in [2.24, 2.45) is 0 Å². The first-order chi connectivity index (χ1) is 12.5. The number of carbonyl (C=O) groups is 1. The van der Waals surface area contributed by atoms with E-state index in [1.165, 1.54) is 12.1 Å². The van der Waals surface area contributed by atoms with Gasteiger partial charge in [0.15, 0.2) is 0 Å². The van der Waals surface area contributed by atoms with Crippen molar-refractivity contribution >= 4 is 17.5 Å². The summed E-state index contributed by atoms with van der Waals surface area (Å²) >= 11 is 5.84. The van der Waals surface area contributed by atoms with Crippen LogP contribution in [-0.4, -0.2) is 43.6 Å². The van der Waals surface area contributed by atoms with Gasteiger partial charge < -0.3 is 10.1 Å². The van der Waals surface area contributed by atoms with E-state index in [2.05, 4.69) is 5.32 Å². The van der Waals surface area contributed by atoms with Gasteiger partial charge >= 0.3 is 0 Å². The molecule has 1 N–H and O–H groups in total.